The molecule has 1 aromatic carbocycles. The van der Waals surface area contributed by atoms with E-state index >= 15 is 0 Å². The maximum absolute atomic E-state index is 11.1. The van der Waals surface area contributed by atoms with E-state index in [9.17, 15) is 4.79 Å². The number of rotatable bonds is 4. The molecule has 0 fully saturated rings. The Morgan fingerprint density at radius 1 is 1.45 bits per heavy atom. The van der Waals surface area contributed by atoms with Crippen LogP contribution in [0.4, 0.5) is 11.5 Å². The summed E-state index contributed by atoms with van der Waals surface area (Å²) in [6.07, 6.45) is 1.28. The average Bonchev–Trinajstić information content (AvgIpc) is 2.38. The summed E-state index contributed by atoms with van der Waals surface area (Å²) in [5.74, 6) is 0.347. The van der Waals surface area contributed by atoms with Crippen LogP contribution in [0.2, 0.25) is 0 Å². The van der Waals surface area contributed by atoms with E-state index in [1.54, 1.807) is 32.2 Å². The number of hydrogen-bond donors (Lipinski definition) is 2. The number of aromatic nitrogens is 2. The Morgan fingerprint density at radius 3 is 2.80 bits per heavy atom. The second-order valence-electron chi connectivity index (χ2n) is 3.96. The molecule has 2 aromatic rings. The first-order chi connectivity index (χ1) is 9.51. The van der Waals surface area contributed by atoms with Crippen molar-refractivity contribution in [1.82, 2.24) is 9.97 Å². The maximum atomic E-state index is 11.1. The zero-order chi connectivity index (χ0) is 14.7. The van der Waals surface area contributed by atoms with Crippen molar-refractivity contribution in [3.8, 4) is 5.75 Å². The van der Waals surface area contributed by atoms with E-state index in [1.165, 1.54) is 6.20 Å². The van der Waals surface area contributed by atoms with E-state index in [0.717, 1.165) is 4.47 Å². The Balaban J connectivity index is 2.36. The van der Waals surface area contributed by atoms with Crippen LogP contribution in [0.5, 0.6) is 5.75 Å². The van der Waals surface area contributed by atoms with E-state index < -0.39 is 5.97 Å². The number of nitrogens with one attached hydrogen (secondary N) is 1. The smallest absolute Gasteiger partial charge is 0.341 e. The molecular weight excluding hydrogens is 326 g/mol. The quantitative estimate of drug-likeness (QED) is 0.892. The lowest BCUT2D eigenvalue weighted by molar-refractivity contribution is 0.0697. The number of hydrogen-bond acceptors (Lipinski definition) is 5. The van der Waals surface area contributed by atoms with Crippen LogP contribution >= 0.6 is 15.9 Å². The maximum Gasteiger partial charge on any atom is 0.341 e. The van der Waals surface area contributed by atoms with Gasteiger partial charge in [0, 0.05) is 11.9 Å². The number of methoxy groups -OCH3 is 1. The molecule has 0 saturated carbocycles. The molecule has 1 heterocycles. The molecule has 0 aliphatic carbocycles. The van der Waals surface area contributed by atoms with E-state index in [4.69, 9.17) is 9.84 Å². The van der Waals surface area contributed by atoms with Gasteiger partial charge in [-0.3, -0.25) is 0 Å². The van der Waals surface area contributed by atoms with Gasteiger partial charge in [0.15, 0.2) is 0 Å². The van der Waals surface area contributed by atoms with Gasteiger partial charge in [0.25, 0.3) is 0 Å². The molecule has 0 amide bonds. The molecule has 0 saturated heterocycles. The van der Waals surface area contributed by atoms with Crippen LogP contribution in [-0.2, 0) is 0 Å². The van der Waals surface area contributed by atoms with E-state index in [2.05, 4.69) is 31.2 Å². The molecule has 0 unspecified atom stereocenters. The lowest BCUT2D eigenvalue weighted by Crippen LogP contribution is -2.07. The number of nitrogens with zero attached hydrogens (tertiary/aromatic N) is 2. The van der Waals surface area contributed by atoms with Gasteiger partial charge in [-0.25, -0.2) is 14.8 Å². The summed E-state index contributed by atoms with van der Waals surface area (Å²) in [7, 11) is 1.57. The molecule has 0 aliphatic rings. The highest BCUT2D eigenvalue weighted by Crippen LogP contribution is 2.29. The summed E-state index contributed by atoms with van der Waals surface area (Å²) in [4.78, 5) is 19.1. The normalized spacial score (nSPS) is 10.2. The van der Waals surface area contributed by atoms with Gasteiger partial charge in [-0.1, -0.05) is 0 Å². The lowest BCUT2D eigenvalue weighted by Gasteiger charge is -2.10. The minimum atomic E-state index is -1.08. The second kappa shape index (κ2) is 5.87. The fourth-order valence-corrected chi connectivity index (χ4v) is 2.14. The minimum absolute atomic E-state index is 0.0162. The Bertz CT molecular complexity index is 661. The van der Waals surface area contributed by atoms with Crippen LogP contribution in [0.3, 0.4) is 0 Å². The first-order valence-corrected chi connectivity index (χ1v) is 6.48. The Kier molecular flexibility index (Phi) is 4.19. The van der Waals surface area contributed by atoms with Crippen molar-refractivity contribution in [1.29, 1.82) is 0 Å². The number of ether oxygens (including phenoxy) is 1. The van der Waals surface area contributed by atoms with Crippen molar-refractivity contribution >= 4 is 33.4 Å². The van der Waals surface area contributed by atoms with Gasteiger partial charge in [0.05, 0.1) is 11.6 Å². The van der Waals surface area contributed by atoms with Crippen molar-refractivity contribution < 1.29 is 14.6 Å². The van der Waals surface area contributed by atoms with Crippen LogP contribution in [-0.4, -0.2) is 28.2 Å². The minimum Gasteiger partial charge on any atom is -0.496 e. The third-order valence-corrected chi connectivity index (χ3v) is 3.17. The van der Waals surface area contributed by atoms with Crippen LogP contribution in [0.1, 0.15) is 16.2 Å². The molecule has 6 nitrogen and oxygen atoms in total. The molecule has 0 radical (unpaired) electrons. The average molecular weight is 338 g/mol. The first kappa shape index (κ1) is 14.3. The molecule has 0 aliphatic heterocycles. The summed E-state index contributed by atoms with van der Waals surface area (Å²) in [5.41, 5.74) is 0.709. The van der Waals surface area contributed by atoms with Gasteiger partial charge in [-0.15, -0.1) is 0 Å². The predicted molar refractivity (Wildman–Crippen MR) is 77.7 cm³/mol. The van der Waals surface area contributed by atoms with Crippen LogP contribution in [0, 0.1) is 6.92 Å². The van der Waals surface area contributed by atoms with Gasteiger partial charge >= 0.3 is 5.97 Å². The van der Waals surface area contributed by atoms with E-state index in [0.29, 0.717) is 17.3 Å². The van der Waals surface area contributed by atoms with Crippen molar-refractivity contribution in [2.24, 2.45) is 0 Å². The Labute approximate surface area is 124 Å². The molecule has 7 heteroatoms. The van der Waals surface area contributed by atoms with Crippen LogP contribution in [0.15, 0.2) is 28.9 Å². The number of carboxylic acids is 1. The molecule has 0 spiro atoms. The van der Waals surface area contributed by atoms with Gasteiger partial charge in [-0.2, -0.15) is 0 Å². The molecule has 2 rings (SSSR count). The fraction of sp³-hybridized carbons (Fsp3) is 0.154. The monoisotopic (exact) mass is 337 g/mol. The van der Waals surface area contributed by atoms with Gasteiger partial charge in [0.2, 0.25) is 0 Å². The third kappa shape index (κ3) is 3.05. The van der Waals surface area contributed by atoms with Gasteiger partial charge in [0.1, 0.15) is 23.0 Å². The number of carboxylic acid groups (broad SMARTS) is 1. The van der Waals surface area contributed by atoms with Crippen molar-refractivity contribution in [2.45, 2.75) is 6.92 Å². The zero-order valence-electron chi connectivity index (χ0n) is 10.8. The standard InChI is InChI=1S/C13H12BrN3O3/c1-7-15-6-9(13(18)19)12(16-7)17-8-3-4-11(20-2)10(14)5-8/h3-6H,1-2H3,(H,18,19)(H,15,16,17). The lowest BCUT2D eigenvalue weighted by atomic mass is 10.2. The highest BCUT2D eigenvalue weighted by Gasteiger charge is 2.13. The van der Waals surface area contributed by atoms with Crippen LogP contribution < -0.4 is 10.1 Å². The summed E-state index contributed by atoms with van der Waals surface area (Å²) >= 11 is 3.37. The summed E-state index contributed by atoms with van der Waals surface area (Å²) in [6.45, 7) is 1.70. The highest BCUT2D eigenvalue weighted by atomic mass is 79.9. The van der Waals surface area contributed by atoms with E-state index in [-0.39, 0.29) is 11.4 Å². The topological polar surface area (TPSA) is 84.3 Å². The van der Waals surface area contributed by atoms with Crippen molar-refractivity contribution in [2.75, 3.05) is 12.4 Å². The molecule has 0 atom stereocenters. The largest absolute Gasteiger partial charge is 0.496 e. The number of halogens is 1. The molecule has 2 N–H and O–H groups in total. The zero-order valence-corrected chi connectivity index (χ0v) is 12.4. The molecule has 0 bridgehead atoms. The van der Waals surface area contributed by atoms with Crippen molar-refractivity contribution in [3.63, 3.8) is 0 Å². The SMILES string of the molecule is COc1ccc(Nc2nc(C)ncc2C(=O)O)cc1Br. The molecular formula is C13H12BrN3O3. The van der Waals surface area contributed by atoms with Crippen molar-refractivity contribution in [3.05, 3.63) is 40.3 Å². The Morgan fingerprint density at radius 2 is 2.20 bits per heavy atom. The highest BCUT2D eigenvalue weighted by molar-refractivity contribution is 9.10. The van der Waals surface area contributed by atoms with Crippen LogP contribution in [0.25, 0.3) is 0 Å². The third-order valence-electron chi connectivity index (χ3n) is 2.55. The number of aromatic carboxylic acids is 1. The first-order valence-electron chi connectivity index (χ1n) is 5.68. The number of aryl methyl sites for hydroxylation is 1. The van der Waals surface area contributed by atoms with E-state index in [1.807, 2.05) is 0 Å². The number of anilines is 2. The van der Waals surface area contributed by atoms with Gasteiger partial charge < -0.3 is 15.2 Å². The number of carbonyl (C=O) groups is 1. The second-order valence-corrected chi connectivity index (χ2v) is 4.81. The predicted octanol–water partition coefficient (Wildman–Crippen LogP) is 3.00. The summed E-state index contributed by atoms with van der Waals surface area (Å²) in [5, 5.41) is 12.1. The Hall–Kier alpha value is -2.15. The molecule has 20 heavy (non-hydrogen) atoms. The summed E-state index contributed by atoms with van der Waals surface area (Å²) in [6, 6.07) is 5.31. The molecule has 1 aromatic heterocycles. The fourth-order valence-electron chi connectivity index (χ4n) is 1.60. The molecule has 104 valence electrons. The summed E-state index contributed by atoms with van der Waals surface area (Å²) < 4.78 is 5.89. The van der Waals surface area contributed by atoms with Gasteiger partial charge in [-0.05, 0) is 41.1 Å². The number of benzene rings is 1.